The quantitative estimate of drug-likeness (QED) is 0.770. The topological polar surface area (TPSA) is 41.1 Å². The molecule has 0 bridgehead atoms. The minimum Gasteiger partial charge on any atom is -0.326 e. The molecule has 1 saturated heterocycles. The number of hydrogen-bond acceptors (Lipinski definition) is 2. The molecule has 144 valence electrons. The smallest absolute Gasteiger partial charge is 0.229 e. The predicted octanol–water partition coefficient (Wildman–Crippen LogP) is 5.10. The van der Waals surface area contributed by atoms with Gasteiger partial charge in [0, 0.05) is 24.7 Å². The molecule has 1 heterocycles. The van der Waals surface area contributed by atoms with Crippen LogP contribution in [0.2, 0.25) is 0 Å². The van der Waals surface area contributed by atoms with Crippen LogP contribution >= 0.6 is 12.4 Å². The molecule has 0 aromatic heterocycles. The number of amides is 1. The Kier molecular flexibility index (Phi) is 6.92. The third-order valence-electron chi connectivity index (χ3n) is 6.03. The second-order valence-electron chi connectivity index (χ2n) is 7.73. The van der Waals surface area contributed by atoms with Gasteiger partial charge in [0.15, 0.2) is 0 Å². The number of anilines is 1. The minimum atomic E-state index is -0.0181. The van der Waals surface area contributed by atoms with E-state index in [0.717, 1.165) is 18.8 Å². The summed E-state index contributed by atoms with van der Waals surface area (Å²) in [7, 11) is 0. The summed E-state index contributed by atoms with van der Waals surface area (Å²) in [4.78, 5) is 12.8. The van der Waals surface area contributed by atoms with Gasteiger partial charge in [0.25, 0.3) is 0 Å². The van der Waals surface area contributed by atoms with E-state index < -0.39 is 0 Å². The Bertz CT molecular complexity index is 726. The summed E-state index contributed by atoms with van der Waals surface area (Å²) in [6.45, 7) is 1.61. The van der Waals surface area contributed by atoms with Gasteiger partial charge in [0.05, 0.1) is 5.92 Å². The van der Waals surface area contributed by atoms with E-state index in [1.807, 2.05) is 18.2 Å². The van der Waals surface area contributed by atoms with E-state index in [4.69, 9.17) is 0 Å². The van der Waals surface area contributed by atoms with Crippen LogP contribution in [0.5, 0.6) is 0 Å². The van der Waals surface area contributed by atoms with Gasteiger partial charge in [0.1, 0.15) is 0 Å². The van der Waals surface area contributed by atoms with Gasteiger partial charge in [-0.25, -0.2) is 0 Å². The third-order valence-corrected chi connectivity index (χ3v) is 6.03. The second kappa shape index (κ2) is 9.38. The molecular formula is C23H29ClN2O. The number of halogens is 1. The summed E-state index contributed by atoms with van der Waals surface area (Å²) in [6.07, 6.45) is 6.68. The van der Waals surface area contributed by atoms with Crippen LogP contribution in [0.4, 0.5) is 5.69 Å². The molecule has 1 aliphatic heterocycles. The normalized spacial score (nSPS) is 22.8. The predicted molar refractivity (Wildman–Crippen MR) is 114 cm³/mol. The molecule has 2 fully saturated rings. The van der Waals surface area contributed by atoms with Gasteiger partial charge in [0.2, 0.25) is 5.91 Å². The molecule has 4 heteroatoms. The zero-order chi connectivity index (χ0) is 17.8. The van der Waals surface area contributed by atoms with Crippen LogP contribution in [0.25, 0.3) is 0 Å². The maximum absolute atomic E-state index is 12.8. The van der Waals surface area contributed by atoms with Crippen molar-refractivity contribution in [2.45, 2.75) is 43.9 Å². The molecule has 27 heavy (non-hydrogen) atoms. The average molecular weight is 385 g/mol. The fraction of sp³-hybridized carbons (Fsp3) is 0.435. The lowest BCUT2D eigenvalue weighted by Gasteiger charge is -2.22. The molecule has 2 atom stereocenters. The first-order chi connectivity index (χ1) is 12.8. The number of rotatable bonds is 4. The summed E-state index contributed by atoms with van der Waals surface area (Å²) in [5.74, 6) is 1.05. The van der Waals surface area contributed by atoms with Crippen molar-refractivity contribution >= 4 is 24.0 Å². The number of hydrogen-bond donors (Lipinski definition) is 2. The lowest BCUT2D eigenvalue weighted by molar-refractivity contribution is -0.119. The average Bonchev–Trinajstić information content (AvgIpc) is 3.20. The highest BCUT2D eigenvalue weighted by Crippen LogP contribution is 2.33. The van der Waals surface area contributed by atoms with E-state index >= 15 is 0 Å². The number of carbonyl (C=O) groups is 1. The molecule has 2 aromatic rings. The Hall–Kier alpha value is -1.84. The monoisotopic (exact) mass is 384 g/mol. The van der Waals surface area contributed by atoms with Crippen molar-refractivity contribution in [3.8, 4) is 0 Å². The summed E-state index contributed by atoms with van der Waals surface area (Å²) < 4.78 is 0. The van der Waals surface area contributed by atoms with Crippen molar-refractivity contribution in [3.05, 3.63) is 65.7 Å². The lowest BCUT2D eigenvalue weighted by atomic mass is 9.84. The largest absolute Gasteiger partial charge is 0.326 e. The maximum Gasteiger partial charge on any atom is 0.229 e. The molecule has 0 spiro atoms. The highest BCUT2D eigenvalue weighted by molar-refractivity contribution is 5.93. The van der Waals surface area contributed by atoms with Crippen LogP contribution in [-0.4, -0.2) is 19.0 Å². The van der Waals surface area contributed by atoms with Crippen molar-refractivity contribution < 1.29 is 4.79 Å². The molecule has 0 radical (unpaired) electrons. The van der Waals surface area contributed by atoms with E-state index in [2.05, 4.69) is 47.0 Å². The van der Waals surface area contributed by atoms with E-state index in [1.54, 1.807) is 0 Å². The van der Waals surface area contributed by atoms with Crippen molar-refractivity contribution in [3.63, 3.8) is 0 Å². The Morgan fingerprint density at radius 3 is 2.26 bits per heavy atom. The van der Waals surface area contributed by atoms with Crippen LogP contribution in [-0.2, 0) is 4.79 Å². The number of benzene rings is 2. The second-order valence-corrected chi connectivity index (χ2v) is 7.73. The van der Waals surface area contributed by atoms with Crippen LogP contribution in [0.1, 0.15) is 55.1 Å². The van der Waals surface area contributed by atoms with Crippen molar-refractivity contribution in [1.82, 2.24) is 5.32 Å². The fourth-order valence-corrected chi connectivity index (χ4v) is 4.51. The third kappa shape index (κ3) is 4.72. The van der Waals surface area contributed by atoms with Crippen LogP contribution < -0.4 is 10.6 Å². The van der Waals surface area contributed by atoms with Gasteiger partial charge in [-0.2, -0.15) is 0 Å². The number of carbonyl (C=O) groups excluding carboxylic acids is 1. The van der Waals surface area contributed by atoms with E-state index in [1.165, 1.54) is 43.2 Å². The van der Waals surface area contributed by atoms with Gasteiger partial charge in [-0.1, -0.05) is 61.7 Å². The Balaban J connectivity index is 0.00000210. The van der Waals surface area contributed by atoms with Crippen LogP contribution in [0.3, 0.4) is 0 Å². The van der Waals surface area contributed by atoms with Crippen molar-refractivity contribution in [2.75, 3.05) is 18.4 Å². The van der Waals surface area contributed by atoms with Gasteiger partial charge in [-0.05, 0) is 42.0 Å². The highest BCUT2D eigenvalue weighted by Gasteiger charge is 2.33. The standard InChI is InChI=1S/C23H28N2O.ClH/c26-23(22-16-24-15-21(22)19-9-5-2-6-10-19)25-20-13-11-18(12-14-20)17-7-3-1-4-8-17;/h2,5-6,9-14,17,21-22,24H,1,3-4,7-8,15-16H2,(H,25,26);1H. The summed E-state index contributed by atoms with van der Waals surface area (Å²) in [5, 5.41) is 6.51. The zero-order valence-corrected chi connectivity index (χ0v) is 16.5. The first kappa shape index (κ1) is 19.9. The van der Waals surface area contributed by atoms with E-state index in [0.29, 0.717) is 5.92 Å². The number of nitrogens with one attached hydrogen (secondary N) is 2. The Morgan fingerprint density at radius 1 is 0.852 bits per heavy atom. The molecule has 3 nitrogen and oxygen atoms in total. The molecule has 1 aliphatic carbocycles. The van der Waals surface area contributed by atoms with Crippen molar-refractivity contribution in [1.29, 1.82) is 0 Å². The first-order valence-corrected chi connectivity index (χ1v) is 9.98. The van der Waals surface area contributed by atoms with Gasteiger partial charge < -0.3 is 10.6 Å². The van der Waals surface area contributed by atoms with Gasteiger partial charge >= 0.3 is 0 Å². The molecule has 2 unspecified atom stereocenters. The first-order valence-electron chi connectivity index (χ1n) is 9.98. The Morgan fingerprint density at radius 2 is 1.56 bits per heavy atom. The van der Waals surface area contributed by atoms with Crippen LogP contribution in [0.15, 0.2) is 54.6 Å². The zero-order valence-electron chi connectivity index (χ0n) is 15.7. The molecule has 1 saturated carbocycles. The minimum absolute atomic E-state index is 0. The molecule has 2 aromatic carbocycles. The molecule has 1 amide bonds. The SMILES string of the molecule is Cl.O=C(Nc1ccc(C2CCCCC2)cc1)C1CNCC1c1ccccc1. The molecular weight excluding hydrogens is 356 g/mol. The maximum atomic E-state index is 12.8. The van der Waals surface area contributed by atoms with E-state index in [9.17, 15) is 4.79 Å². The van der Waals surface area contributed by atoms with Crippen molar-refractivity contribution in [2.24, 2.45) is 5.92 Å². The fourth-order valence-electron chi connectivity index (χ4n) is 4.51. The van der Waals surface area contributed by atoms with E-state index in [-0.39, 0.29) is 30.2 Å². The molecule has 4 rings (SSSR count). The highest BCUT2D eigenvalue weighted by atomic mass is 35.5. The van der Waals surface area contributed by atoms with Crippen LogP contribution in [0, 0.1) is 5.92 Å². The molecule has 2 aliphatic rings. The lowest BCUT2D eigenvalue weighted by Crippen LogP contribution is -2.28. The Labute approximate surface area is 168 Å². The molecule has 2 N–H and O–H groups in total. The van der Waals surface area contributed by atoms with Gasteiger partial charge in [-0.15, -0.1) is 12.4 Å². The summed E-state index contributed by atoms with van der Waals surface area (Å²) in [5.41, 5.74) is 3.57. The summed E-state index contributed by atoms with van der Waals surface area (Å²) in [6, 6.07) is 18.9. The summed E-state index contributed by atoms with van der Waals surface area (Å²) >= 11 is 0. The van der Waals surface area contributed by atoms with Gasteiger partial charge in [-0.3, -0.25) is 4.79 Å².